The molecular formula is C10H19N2O4P. The summed E-state index contributed by atoms with van der Waals surface area (Å²) in [5, 5.41) is 0. The minimum Gasteiger partial charge on any atom is -0.354 e. The van der Waals surface area contributed by atoms with Gasteiger partial charge in [0.1, 0.15) is 0 Å². The molecule has 0 rings (SSSR count). The van der Waals surface area contributed by atoms with Crippen LogP contribution in [0.2, 0.25) is 0 Å². The molecule has 0 amide bonds. The van der Waals surface area contributed by atoms with Gasteiger partial charge < -0.3 is 24.5 Å². The predicted octanol–water partition coefficient (Wildman–Crippen LogP) is 1.24. The van der Waals surface area contributed by atoms with Crippen LogP contribution in [0.15, 0.2) is 51.1 Å². The van der Waals surface area contributed by atoms with Crippen LogP contribution >= 0.6 is 7.82 Å². The second kappa shape index (κ2) is 9.86. The minimum absolute atomic E-state index is 0.838. The van der Waals surface area contributed by atoms with Crippen molar-refractivity contribution < 1.29 is 19.2 Å². The van der Waals surface area contributed by atoms with Crippen molar-refractivity contribution in [3.8, 4) is 0 Å². The first-order chi connectivity index (χ1) is 7.78. The molecule has 0 aliphatic rings. The summed E-state index contributed by atoms with van der Waals surface area (Å²) in [6.07, 6.45) is 6.93. The van der Waals surface area contributed by atoms with Crippen molar-refractivity contribution in [3.63, 3.8) is 0 Å². The third-order valence-electron chi connectivity index (χ3n) is 1.55. The van der Waals surface area contributed by atoms with Crippen molar-refractivity contribution >= 4 is 7.82 Å². The average Bonchev–Trinajstić information content (AvgIpc) is 2.22. The lowest BCUT2D eigenvalue weighted by molar-refractivity contribution is 0.275. The van der Waals surface area contributed by atoms with Gasteiger partial charge in [0.2, 0.25) is 0 Å². The van der Waals surface area contributed by atoms with E-state index in [0.717, 1.165) is 13.1 Å². The first kappa shape index (κ1) is 18.0. The summed E-state index contributed by atoms with van der Waals surface area (Å²) in [6, 6.07) is 0. The van der Waals surface area contributed by atoms with Gasteiger partial charge in [-0.2, -0.15) is 0 Å². The average molecular weight is 262 g/mol. The van der Waals surface area contributed by atoms with Gasteiger partial charge in [-0.05, 0) is 24.8 Å². The van der Waals surface area contributed by atoms with Crippen molar-refractivity contribution in [2.24, 2.45) is 0 Å². The fourth-order valence-corrected chi connectivity index (χ4v) is 0.745. The zero-order valence-corrected chi connectivity index (χ0v) is 10.5. The highest BCUT2D eigenvalue weighted by atomic mass is 31.2. The van der Waals surface area contributed by atoms with Crippen LogP contribution < -0.4 is 0 Å². The molecule has 3 N–H and O–H groups in total. The predicted molar refractivity (Wildman–Crippen MR) is 68.5 cm³/mol. The second-order valence-electron chi connectivity index (χ2n) is 2.72. The van der Waals surface area contributed by atoms with Crippen LogP contribution in [-0.4, -0.2) is 37.6 Å². The second-order valence-corrected chi connectivity index (χ2v) is 3.75. The summed E-state index contributed by atoms with van der Waals surface area (Å²) in [4.78, 5) is 25.4. The maximum atomic E-state index is 8.88. The van der Waals surface area contributed by atoms with E-state index in [2.05, 4.69) is 26.3 Å². The molecule has 0 aromatic rings. The Labute approximate surface area is 102 Å². The van der Waals surface area contributed by atoms with Gasteiger partial charge in [-0.25, -0.2) is 4.57 Å². The fraction of sp³-hybridized carbons (Fsp3) is 0.200. The molecule has 0 fully saturated rings. The molecule has 0 aliphatic carbocycles. The van der Waals surface area contributed by atoms with Gasteiger partial charge in [0, 0.05) is 13.1 Å². The van der Waals surface area contributed by atoms with Crippen molar-refractivity contribution in [3.05, 3.63) is 51.1 Å². The van der Waals surface area contributed by atoms with E-state index in [4.69, 9.17) is 19.2 Å². The summed E-state index contributed by atoms with van der Waals surface area (Å²) < 4.78 is 8.88. The van der Waals surface area contributed by atoms with Gasteiger partial charge in [-0.3, -0.25) is 0 Å². The minimum atomic E-state index is -4.64. The zero-order valence-electron chi connectivity index (χ0n) is 9.64. The van der Waals surface area contributed by atoms with Gasteiger partial charge in [0.15, 0.2) is 0 Å². The normalized spacial score (nSPS) is 9.35. The van der Waals surface area contributed by atoms with Crippen LogP contribution in [0, 0.1) is 0 Å². The van der Waals surface area contributed by atoms with Crippen LogP contribution in [0.1, 0.15) is 0 Å². The van der Waals surface area contributed by atoms with Crippen molar-refractivity contribution in [1.29, 1.82) is 0 Å². The zero-order chi connectivity index (χ0) is 13.9. The van der Waals surface area contributed by atoms with Gasteiger partial charge in [0.25, 0.3) is 0 Å². The van der Waals surface area contributed by atoms with E-state index in [1.807, 2.05) is 9.80 Å². The number of hydrogen-bond acceptors (Lipinski definition) is 3. The molecular weight excluding hydrogens is 243 g/mol. The van der Waals surface area contributed by atoms with E-state index >= 15 is 0 Å². The highest BCUT2D eigenvalue weighted by Crippen LogP contribution is 2.25. The van der Waals surface area contributed by atoms with E-state index in [-0.39, 0.29) is 0 Å². The molecule has 0 aromatic heterocycles. The lowest BCUT2D eigenvalue weighted by Crippen LogP contribution is -2.22. The van der Waals surface area contributed by atoms with Crippen molar-refractivity contribution in [1.82, 2.24) is 9.80 Å². The first-order valence-corrected chi connectivity index (χ1v) is 6.15. The molecule has 0 radical (unpaired) electrons. The Bertz CT molecular complexity index is 256. The third-order valence-corrected chi connectivity index (χ3v) is 1.55. The van der Waals surface area contributed by atoms with Crippen molar-refractivity contribution in [2.45, 2.75) is 0 Å². The summed E-state index contributed by atoms with van der Waals surface area (Å²) in [7, 11) is -4.64. The molecule has 0 saturated heterocycles. The molecule has 0 unspecified atom stereocenters. The van der Waals surface area contributed by atoms with Crippen molar-refractivity contribution in [2.75, 3.05) is 13.1 Å². The lowest BCUT2D eigenvalue weighted by Gasteiger charge is -2.19. The molecule has 0 aliphatic heterocycles. The summed E-state index contributed by atoms with van der Waals surface area (Å²) >= 11 is 0. The van der Waals surface area contributed by atoms with Gasteiger partial charge in [-0.1, -0.05) is 26.3 Å². The Hall–Kier alpha value is -1.33. The number of phosphoric acid groups is 1. The molecule has 0 atom stereocenters. The smallest absolute Gasteiger partial charge is 0.354 e. The SMILES string of the molecule is C=CN(C=C)CCN(C=C)C=C.O=P(O)(O)O. The molecule has 0 heterocycles. The maximum absolute atomic E-state index is 8.88. The number of nitrogens with zero attached hydrogens (tertiary/aromatic N) is 2. The Morgan fingerprint density at radius 1 is 0.824 bits per heavy atom. The van der Waals surface area contributed by atoms with E-state index in [1.54, 1.807) is 24.8 Å². The summed E-state index contributed by atoms with van der Waals surface area (Å²) in [5.74, 6) is 0. The fourth-order valence-electron chi connectivity index (χ4n) is 0.745. The third kappa shape index (κ3) is 17.3. The molecule has 0 spiro atoms. The summed E-state index contributed by atoms with van der Waals surface area (Å²) in [5.41, 5.74) is 0. The van der Waals surface area contributed by atoms with Gasteiger partial charge in [0.05, 0.1) is 0 Å². The van der Waals surface area contributed by atoms with Crippen LogP contribution in [0.5, 0.6) is 0 Å². The number of hydrogen-bond donors (Lipinski definition) is 3. The van der Waals surface area contributed by atoms with Gasteiger partial charge >= 0.3 is 7.82 Å². The van der Waals surface area contributed by atoms with Crippen LogP contribution in [0.4, 0.5) is 0 Å². The molecule has 7 heteroatoms. The Balaban J connectivity index is 0. The highest BCUT2D eigenvalue weighted by molar-refractivity contribution is 7.45. The molecule has 17 heavy (non-hydrogen) atoms. The molecule has 98 valence electrons. The number of rotatable bonds is 7. The van der Waals surface area contributed by atoms with Gasteiger partial charge in [-0.15, -0.1) is 0 Å². The van der Waals surface area contributed by atoms with Crippen LogP contribution in [0.3, 0.4) is 0 Å². The molecule has 0 bridgehead atoms. The summed E-state index contributed by atoms with van der Waals surface area (Å²) in [6.45, 7) is 16.3. The molecule has 6 nitrogen and oxygen atoms in total. The highest BCUT2D eigenvalue weighted by Gasteiger charge is 2.00. The monoisotopic (exact) mass is 262 g/mol. The van der Waals surface area contributed by atoms with Crippen LogP contribution in [-0.2, 0) is 4.57 Å². The standard InChI is InChI=1S/C10H16N2.H3O4P/c1-5-11(6-2)9-10-12(7-3)8-4;1-5(2,3)4/h5-8H,1-4,9-10H2;(H3,1,2,3,4). The topological polar surface area (TPSA) is 84.2 Å². The van der Waals surface area contributed by atoms with E-state index in [9.17, 15) is 0 Å². The van der Waals surface area contributed by atoms with E-state index in [1.165, 1.54) is 0 Å². The Morgan fingerprint density at radius 3 is 1.12 bits per heavy atom. The Morgan fingerprint density at radius 2 is 1.00 bits per heavy atom. The van der Waals surface area contributed by atoms with Crippen LogP contribution in [0.25, 0.3) is 0 Å². The molecule has 0 saturated carbocycles. The molecule has 0 aromatic carbocycles. The quantitative estimate of drug-likeness (QED) is 0.598. The van der Waals surface area contributed by atoms with E-state index < -0.39 is 7.82 Å². The first-order valence-electron chi connectivity index (χ1n) is 4.58. The largest absolute Gasteiger partial charge is 0.466 e. The Kier molecular flexibility index (Phi) is 10.5. The lowest BCUT2D eigenvalue weighted by atomic mass is 10.5. The van der Waals surface area contributed by atoms with E-state index in [0.29, 0.717) is 0 Å². The maximum Gasteiger partial charge on any atom is 0.466 e.